The summed E-state index contributed by atoms with van der Waals surface area (Å²) in [7, 11) is 0. The molecule has 8 heavy (non-hydrogen) atoms. The van der Waals surface area contributed by atoms with Gasteiger partial charge in [0.2, 0.25) is 0 Å². The Morgan fingerprint density at radius 3 is 2.12 bits per heavy atom. The van der Waals surface area contributed by atoms with Gasteiger partial charge in [-0.15, -0.1) is 0 Å². The van der Waals surface area contributed by atoms with Gasteiger partial charge in [-0.2, -0.15) is 0 Å². The average Bonchev–Trinajstić information content (AvgIpc) is 1.72. The first-order valence-electron chi connectivity index (χ1n) is 2.30. The Balaban J connectivity index is 0. The Bertz CT molecular complexity index is 51.5. The fourth-order valence-corrected chi connectivity index (χ4v) is 0.542. The topological polar surface area (TPSA) is 0 Å². The second-order valence-corrected chi connectivity index (χ2v) is 1.42. The molecule has 0 atom stereocenters. The van der Waals surface area contributed by atoms with Crippen LogP contribution in [0.3, 0.4) is 0 Å². The van der Waals surface area contributed by atoms with Crippen molar-refractivity contribution < 1.29 is 37.7 Å². The van der Waals surface area contributed by atoms with Crippen molar-refractivity contribution in [3.05, 3.63) is 25.0 Å². The molecular weight excluding hydrogens is 85.9 g/mol. The molecule has 0 saturated heterocycles. The molecule has 1 aliphatic carbocycles. The van der Waals surface area contributed by atoms with Crippen LogP contribution in [0.2, 0.25) is 0 Å². The molecule has 0 spiro atoms. The first-order chi connectivity index (χ1) is 3.00. The molecule has 0 fully saturated rings. The van der Waals surface area contributed by atoms with E-state index in [1.165, 1.54) is 0 Å². The van der Waals surface area contributed by atoms with Gasteiger partial charge in [0.15, 0.2) is 0 Å². The third kappa shape index (κ3) is 4.95. The maximum atomic E-state index is 2.25. The van der Waals surface area contributed by atoms with Gasteiger partial charge in [-0.25, -0.2) is 18.9 Å². The van der Waals surface area contributed by atoms with Crippen molar-refractivity contribution >= 4 is 0 Å². The number of allylic oxidation sites excluding steroid dienone is 2. The third-order valence-corrected chi connectivity index (χ3v) is 0.878. The molecule has 1 aliphatic rings. The molecule has 1 rings (SSSR count). The Morgan fingerprint density at radius 1 is 1.25 bits per heavy atom. The van der Waals surface area contributed by atoms with E-state index in [-0.39, 0.29) is 37.7 Å². The maximum Gasteiger partial charge on any atom is 1.00 e. The zero-order valence-corrected chi connectivity index (χ0v) is 5.72. The quantitative estimate of drug-likeness (QED) is 0.211. The average molecular weight is 94.0 g/mol. The molecule has 0 N–H and O–H groups in total. The van der Waals surface area contributed by atoms with Crippen LogP contribution in [-0.4, -0.2) is 0 Å². The second kappa shape index (κ2) is 7.80. The predicted molar refractivity (Wildman–Crippen MR) is 27.0 cm³/mol. The van der Waals surface area contributed by atoms with Gasteiger partial charge in [0.05, 0.1) is 0 Å². The second-order valence-electron chi connectivity index (χ2n) is 1.42. The van der Waals surface area contributed by atoms with E-state index in [1.807, 2.05) is 0 Å². The third-order valence-electron chi connectivity index (χ3n) is 0.878. The van der Waals surface area contributed by atoms with E-state index in [9.17, 15) is 0 Å². The van der Waals surface area contributed by atoms with Gasteiger partial charge in [-0.05, 0) is 0 Å². The van der Waals surface area contributed by atoms with E-state index in [2.05, 4.69) is 25.0 Å². The molecule has 0 unspecified atom stereocenters. The number of hydrogen-bond donors (Lipinski definition) is 0. The van der Waals surface area contributed by atoms with Gasteiger partial charge in [0.25, 0.3) is 0 Å². The van der Waals surface area contributed by atoms with Gasteiger partial charge in [-0.3, -0.25) is 12.5 Å². The van der Waals surface area contributed by atoms with Gasteiger partial charge >= 0.3 is 37.7 Å². The molecular formula is C6H8Li2. The minimum atomic E-state index is 0. The molecule has 0 aromatic heterocycles. The van der Waals surface area contributed by atoms with Crippen LogP contribution in [0.15, 0.2) is 12.2 Å². The zero-order valence-electron chi connectivity index (χ0n) is 5.72. The normalized spacial score (nSPS) is 15.0. The maximum absolute atomic E-state index is 2.25. The summed E-state index contributed by atoms with van der Waals surface area (Å²) in [5, 5.41) is 0. The summed E-state index contributed by atoms with van der Waals surface area (Å²) in [5.41, 5.74) is 0. The van der Waals surface area contributed by atoms with Crippen LogP contribution < -0.4 is 37.7 Å². The van der Waals surface area contributed by atoms with Crippen molar-refractivity contribution in [1.82, 2.24) is 0 Å². The first kappa shape index (κ1) is 11.6. The Kier molecular flexibility index (Phi) is 11.3. The SMILES string of the molecule is C1=CC[CH-]C[CH-]1.[Li+].[Li+]. The predicted octanol–water partition coefficient (Wildman–Crippen LogP) is -4.25. The molecule has 0 nitrogen and oxygen atoms in total. The van der Waals surface area contributed by atoms with Crippen molar-refractivity contribution in [2.24, 2.45) is 0 Å². The molecule has 0 aliphatic heterocycles. The Hall–Kier alpha value is 0.805. The van der Waals surface area contributed by atoms with Crippen molar-refractivity contribution in [2.45, 2.75) is 12.8 Å². The van der Waals surface area contributed by atoms with E-state index < -0.39 is 0 Å². The monoisotopic (exact) mass is 94.1 g/mol. The molecule has 0 aromatic carbocycles. The zero-order chi connectivity index (χ0) is 4.24. The molecule has 34 valence electrons. The molecule has 0 amide bonds. The largest absolute Gasteiger partial charge is 1.00 e. The Labute approximate surface area is 75.5 Å². The standard InChI is InChI=1S/C6H8.2Li/c1-2-4-6-5-3-1;;/h1-3,6H,4-5H2;;/q-2;2*+1. The van der Waals surface area contributed by atoms with E-state index in [0.29, 0.717) is 0 Å². The summed E-state index contributed by atoms with van der Waals surface area (Å²) in [6, 6.07) is 0. The van der Waals surface area contributed by atoms with Crippen LogP contribution in [-0.2, 0) is 0 Å². The first-order valence-corrected chi connectivity index (χ1v) is 2.30. The summed E-state index contributed by atoms with van der Waals surface area (Å²) >= 11 is 0. The summed E-state index contributed by atoms with van der Waals surface area (Å²) in [6.45, 7) is 0. The number of hydrogen-bond acceptors (Lipinski definition) is 0. The molecule has 0 heterocycles. The van der Waals surface area contributed by atoms with E-state index >= 15 is 0 Å². The van der Waals surface area contributed by atoms with Crippen LogP contribution in [0.1, 0.15) is 12.8 Å². The van der Waals surface area contributed by atoms with Crippen LogP contribution in [0.25, 0.3) is 0 Å². The van der Waals surface area contributed by atoms with Crippen LogP contribution in [0.4, 0.5) is 0 Å². The van der Waals surface area contributed by atoms with Crippen molar-refractivity contribution in [3.63, 3.8) is 0 Å². The van der Waals surface area contributed by atoms with Gasteiger partial charge < -0.3 is 6.42 Å². The van der Waals surface area contributed by atoms with E-state index in [0.717, 1.165) is 12.8 Å². The van der Waals surface area contributed by atoms with Crippen molar-refractivity contribution in [2.75, 3.05) is 0 Å². The van der Waals surface area contributed by atoms with Crippen LogP contribution >= 0.6 is 0 Å². The van der Waals surface area contributed by atoms with Crippen LogP contribution in [0, 0.1) is 12.8 Å². The fraction of sp³-hybridized carbons (Fsp3) is 0.333. The molecule has 0 saturated carbocycles. The molecule has 0 radical (unpaired) electrons. The summed E-state index contributed by atoms with van der Waals surface area (Å²) < 4.78 is 0. The van der Waals surface area contributed by atoms with Crippen LogP contribution in [0.5, 0.6) is 0 Å². The summed E-state index contributed by atoms with van der Waals surface area (Å²) in [5.74, 6) is 0. The van der Waals surface area contributed by atoms with Gasteiger partial charge in [-0.1, -0.05) is 0 Å². The minimum Gasteiger partial charge on any atom is -0.354 e. The summed E-state index contributed by atoms with van der Waals surface area (Å²) in [6.07, 6.45) is 11.0. The van der Waals surface area contributed by atoms with E-state index in [4.69, 9.17) is 0 Å². The fourth-order valence-electron chi connectivity index (χ4n) is 0.542. The minimum absolute atomic E-state index is 0. The van der Waals surface area contributed by atoms with E-state index in [1.54, 1.807) is 0 Å². The van der Waals surface area contributed by atoms with Gasteiger partial charge in [0, 0.05) is 0 Å². The Morgan fingerprint density at radius 2 is 2.00 bits per heavy atom. The summed E-state index contributed by atoms with van der Waals surface area (Å²) in [4.78, 5) is 0. The molecule has 2 heteroatoms. The van der Waals surface area contributed by atoms with Gasteiger partial charge in [0.1, 0.15) is 0 Å². The van der Waals surface area contributed by atoms with Crippen molar-refractivity contribution in [3.8, 4) is 0 Å². The number of rotatable bonds is 0. The molecule has 0 bridgehead atoms. The van der Waals surface area contributed by atoms with Crippen molar-refractivity contribution in [1.29, 1.82) is 0 Å². The smallest absolute Gasteiger partial charge is 0.354 e. The molecule has 0 aromatic rings.